The van der Waals surface area contributed by atoms with Crippen molar-refractivity contribution in [2.45, 2.75) is 80.7 Å². The summed E-state index contributed by atoms with van der Waals surface area (Å²) >= 11 is 0. The molecule has 36 heavy (non-hydrogen) atoms. The van der Waals surface area contributed by atoms with Crippen LogP contribution in [0.5, 0.6) is 0 Å². The molecule has 0 bridgehead atoms. The predicted molar refractivity (Wildman–Crippen MR) is 115 cm³/mol. The average molecular weight is 531 g/mol. The smallest absolute Gasteiger partial charge is 0.308 e. The van der Waals surface area contributed by atoms with Crippen LogP contribution in [-0.4, -0.2) is 154 Å². The van der Waals surface area contributed by atoms with Gasteiger partial charge in [0.2, 0.25) is 5.79 Å². The molecule has 0 aliphatic carbocycles. The average Bonchev–Trinajstić information content (AvgIpc) is 3.11. The molecular formula is C21H38O15. The van der Waals surface area contributed by atoms with E-state index in [0.717, 1.165) is 0 Å². The molecule has 2 aliphatic rings. The SMILES string of the molecule is CCC(CC(=O)OCCOC[C@H]1O[C@@](CO)(O[C@H]2OC(CO)[C@@H](O)[C@H](O)C2O)C(O)[C@H]1O)OCCO. The Morgan fingerprint density at radius 2 is 1.67 bits per heavy atom. The molecule has 0 aromatic carbocycles. The largest absolute Gasteiger partial charge is 0.463 e. The molecule has 15 nitrogen and oxygen atoms in total. The Hall–Kier alpha value is -1.05. The van der Waals surface area contributed by atoms with Gasteiger partial charge in [-0.1, -0.05) is 6.92 Å². The number of aliphatic hydroxyl groups excluding tert-OH is 8. The fraction of sp³-hybridized carbons (Fsp3) is 0.952. The molecule has 2 aliphatic heterocycles. The standard InChI is InChI=1S/C21H38O15/c1-2-11(32-4-3-22)7-14(25)33-6-5-31-9-13-16(27)19(30)21(10-24,35-13)36-20-18(29)17(28)15(26)12(8-23)34-20/h11-13,15-20,22-24,26-30H,2-10H2,1H3/t11?,12?,13-,15-,16+,17+,18?,19?,20-,21+/m1/s1. The molecule has 8 N–H and O–H groups in total. The van der Waals surface area contributed by atoms with Gasteiger partial charge in [0.15, 0.2) is 6.29 Å². The fourth-order valence-corrected chi connectivity index (χ4v) is 3.82. The summed E-state index contributed by atoms with van der Waals surface area (Å²) in [6, 6.07) is 0. The molecule has 15 heteroatoms. The lowest BCUT2D eigenvalue weighted by Gasteiger charge is -2.43. The van der Waals surface area contributed by atoms with Crippen LogP contribution < -0.4 is 0 Å². The van der Waals surface area contributed by atoms with Crippen molar-refractivity contribution in [3.63, 3.8) is 0 Å². The molecule has 0 radical (unpaired) electrons. The second-order valence-electron chi connectivity index (χ2n) is 8.50. The minimum absolute atomic E-state index is 0.00144. The van der Waals surface area contributed by atoms with Crippen molar-refractivity contribution in [3.05, 3.63) is 0 Å². The summed E-state index contributed by atoms with van der Waals surface area (Å²) in [7, 11) is 0. The monoisotopic (exact) mass is 530 g/mol. The number of hydrogen-bond acceptors (Lipinski definition) is 15. The highest BCUT2D eigenvalue weighted by Gasteiger charge is 2.58. The van der Waals surface area contributed by atoms with Crippen molar-refractivity contribution in [1.29, 1.82) is 0 Å². The third-order valence-electron chi connectivity index (χ3n) is 5.96. The van der Waals surface area contributed by atoms with Crippen LogP contribution in [-0.2, 0) is 33.2 Å². The number of rotatable bonds is 15. The van der Waals surface area contributed by atoms with Crippen molar-refractivity contribution in [1.82, 2.24) is 0 Å². The Balaban J connectivity index is 1.84. The van der Waals surface area contributed by atoms with Crippen LogP contribution in [0.2, 0.25) is 0 Å². The molecule has 212 valence electrons. The van der Waals surface area contributed by atoms with Gasteiger partial charge >= 0.3 is 5.97 Å². The van der Waals surface area contributed by atoms with E-state index >= 15 is 0 Å². The number of carbonyl (C=O) groups excluding carboxylic acids is 1. The van der Waals surface area contributed by atoms with Crippen LogP contribution in [0.3, 0.4) is 0 Å². The van der Waals surface area contributed by atoms with E-state index in [1.807, 2.05) is 6.92 Å². The highest BCUT2D eigenvalue weighted by atomic mass is 16.8. The van der Waals surface area contributed by atoms with E-state index in [-0.39, 0.29) is 45.6 Å². The molecule has 4 unspecified atom stereocenters. The molecule has 0 aromatic rings. The highest BCUT2D eigenvalue weighted by molar-refractivity contribution is 5.69. The van der Waals surface area contributed by atoms with Gasteiger partial charge in [-0.15, -0.1) is 0 Å². The zero-order valence-electron chi connectivity index (χ0n) is 20.0. The van der Waals surface area contributed by atoms with Gasteiger partial charge in [0.25, 0.3) is 0 Å². The van der Waals surface area contributed by atoms with E-state index in [1.165, 1.54) is 0 Å². The third-order valence-corrected chi connectivity index (χ3v) is 5.96. The lowest BCUT2D eigenvalue weighted by molar-refractivity contribution is -0.383. The zero-order valence-corrected chi connectivity index (χ0v) is 20.0. The van der Waals surface area contributed by atoms with E-state index < -0.39 is 74.0 Å². The van der Waals surface area contributed by atoms with Crippen molar-refractivity contribution in [2.75, 3.05) is 46.2 Å². The first-order chi connectivity index (χ1) is 17.1. The van der Waals surface area contributed by atoms with E-state index in [4.69, 9.17) is 33.5 Å². The van der Waals surface area contributed by atoms with Crippen molar-refractivity contribution in [3.8, 4) is 0 Å². The summed E-state index contributed by atoms with van der Waals surface area (Å²) in [4.78, 5) is 11.9. The Bertz CT molecular complexity index is 651. The lowest BCUT2D eigenvalue weighted by Crippen LogP contribution is -2.62. The van der Waals surface area contributed by atoms with E-state index in [1.54, 1.807) is 0 Å². The number of ether oxygens (including phenoxy) is 6. The van der Waals surface area contributed by atoms with Crippen LogP contribution >= 0.6 is 0 Å². The number of carbonyl (C=O) groups is 1. The van der Waals surface area contributed by atoms with Gasteiger partial charge in [-0.05, 0) is 6.42 Å². The van der Waals surface area contributed by atoms with Gasteiger partial charge in [0.1, 0.15) is 55.9 Å². The zero-order chi connectivity index (χ0) is 26.9. The van der Waals surface area contributed by atoms with Gasteiger partial charge in [0.05, 0.1) is 45.6 Å². The first-order valence-electron chi connectivity index (χ1n) is 11.7. The molecule has 0 spiro atoms. The van der Waals surface area contributed by atoms with Gasteiger partial charge < -0.3 is 69.3 Å². The van der Waals surface area contributed by atoms with Crippen molar-refractivity contribution in [2.24, 2.45) is 0 Å². The maximum absolute atomic E-state index is 11.9. The maximum Gasteiger partial charge on any atom is 0.308 e. The summed E-state index contributed by atoms with van der Waals surface area (Å²) in [5, 5.41) is 78.7. The second-order valence-corrected chi connectivity index (χ2v) is 8.50. The maximum atomic E-state index is 11.9. The molecular weight excluding hydrogens is 492 g/mol. The summed E-state index contributed by atoms with van der Waals surface area (Å²) in [6.07, 6.45) is -12.7. The second kappa shape index (κ2) is 14.8. The summed E-state index contributed by atoms with van der Waals surface area (Å²) < 4.78 is 31.8. The number of esters is 1. The first kappa shape index (κ1) is 31.2. The summed E-state index contributed by atoms with van der Waals surface area (Å²) in [5.74, 6) is -2.81. The Labute approximate surface area is 207 Å². The Morgan fingerprint density at radius 1 is 0.944 bits per heavy atom. The van der Waals surface area contributed by atoms with Crippen LogP contribution in [0.25, 0.3) is 0 Å². The van der Waals surface area contributed by atoms with E-state index in [9.17, 15) is 40.5 Å². The molecule has 0 aromatic heterocycles. The van der Waals surface area contributed by atoms with E-state index in [0.29, 0.717) is 6.42 Å². The van der Waals surface area contributed by atoms with Crippen LogP contribution in [0, 0.1) is 0 Å². The third kappa shape index (κ3) is 7.73. The molecule has 0 amide bonds. The van der Waals surface area contributed by atoms with Gasteiger partial charge in [0, 0.05) is 0 Å². The van der Waals surface area contributed by atoms with Gasteiger partial charge in [-0.2, -0.15) is 0 Å². The fourth-order valence-electron chi connectivity index (χ4n) is 3.82. The molecule has 2 fully saturated rings. The van der Waals surface area contributed by atoms with Crippen molar-refractivity contribution < 1.29 is 74.1 Å². The molecule has 0 saturated carbocycles. The topological polar surface area (TPSA) is 234 Å². The summed E-state index contributed by atoms with van der Waals surface area (Å²) in [6.45, 7) is -0.436. The lowest BCUT2D eigenvalue weighted by atomic mass is 9.99. The van der Waals surface area contributed by atoms with Crippen molar-refractivity contribution >= 4 is 5.97 Å². The van der Waals surface area contributed by atoms with Crippen LogP contribution in [0.1, 0.15) is 19.8 Å². The van der Waals surface area contributed by atoms with Gasteiger partial charge in [-0.25, -0.2) is 0 Å². The van der Waals surface area contributed by atoms with Crippen LogP contribution in [0.4, 0.5) is 0 Å². The van der Waals surface area contributed by atoms with Crippen LogP contribution in [0.15, 0.2) is 0 Å². The predicted octanol–water partition coefficient (Wildman–Crippen LogP) is -4.65. The number of aliphatic hydroxyl groups is 8. The number of hydrogen-bond donors (Lipinski definition) is 8. The summed E-state index contributed by atoms with van der Waals surface area (Å²) in [5.41, 5.74) is 0. The Morgan fingerprint density at radius 3 is 2.28 bits per heavy atom. The minimum Gasteiger partial charge on any atom is -0.463 e. The van der Waals surface area contributed by atoms with E-state index in [2.05, 4.69) is 0 Å². The molecule has 2 heterocycles. The molecule has 2 rings (SSSR count). The quantitative estimate of drug-likeness (QED) is 0.0734. The molecule has 2 saturated heterocycles. The highest BCUT2D eigenvalue weighted by Crippen LogP contribution is 2.36. The minimum atomic E-state index is -2.28. The molecule has 10 atom stereocenters. The van der Waals surface area contributed by atoms with Gasteiger partial charge in [-0.3, -0.25) is 4.79 Å². The first-order valence-corrected chi connectivity index (χ1v) is 11.7. The Kier molecular flexibility index (Phi) is 12.8. The normalized spacial score (nSPS) is 37.7.